The summed E-state index contributed by atoms with van der Waals surface area (Å²) in [5, 5.41) is 0. The van der Waals surface area contributed by atoms with Crippen LogP contribution in [0.4, 0.5) is 0 Å². The van der Waals surface area contributed by atoms with Gasteiger partial charge in [0.25, 0.3) is 0 Å². The van der Waals surface area contributed by atoms with Crippen molar-refractivity contribution in [3.63, 3.8) is 0 Å². The Hall–Kier alpha value is -2.62. The van der Waals surface area contributed by atoms with Crippen molar-refractivity contribution >= 4 is 16.9 Å². The summed E-state index contributed by atoms with van der Waals surface area (Å²) in [5.74, 6) is 0.365. The van der Waals surface area contributed by atoms with E-state index in [0.29, 0.717) is 5.56 Å². The first-order valence-corrected chi connectivity index (χ1v) is 6.01. The van der Waals surface area contributed by atoms with Crippen molar-refractivity contribution in [3.05, 3.63) is 53.6 Å². The molecule has 0 aliphatic rings. The Kier molecular flexibility index (Phi) is 2.56. The zero-order chi connectivity index (χ0) is 13.4. The third-order valence-electron chi connectivity index (χ3n) is 3.17. The summed E-state index contributed by atoms with van der Waals surface area (Å²) in [5.41, 5.74) is 9.59. The van der Waals surface area contributed by atoms with E-state index in [1.165, 1.54) is 0 Å². The number of fused-ring (bicyclic) bond motifs is 1. The number of rotatable bonds is 2. The summed E-state index contributed by atoms with van der Waals surface area (Å²) in [6.45, 7) is 2.04. The molecule has 0 radical (unpaired) electrons. The molecule has 1 aromatic heterocycles. The van der Waals surface area contributed by atoms with Gasteiger partial charge in [-0.3, -0.25) is 4.79 Å². The molecular formula is C15H13N3O. The number of amides is 1. The van der Waals surface area contributed by atoms with Crippen molar-refractivity contribution < 1.29 is 4.79 Å². The summed E-state index contributed by atoms with van der Waals surface area (Å²) < 4.78 is 0. The zero-order valence-electron chi connectivity index (χ0n) is 10.5. The maximum atomic E-state index is 11.2. The highest BCUT2D eigenvalue weighted by Gasteiger charge is 2.09. The molecule has 94 valence electrons. The van der Waals surface area contributed by atoms with E-state index < -0.39 is 5.91 Å². The lowest BCUT2D eigenvalue weighted by molar-refractivity contribution is 0.100. The molecule has 4 nitrogen and oxygen atoms in total. The number of hydrogen-bond donors (Lipinski definition) is 2. The SMILES string of the molecule is Cc1ccccc1-c1nc2ccc(C(N)=O)cc2[nH]1. The van der Waals surface area contributed by atoms with Gasteiger partial charge in [-0.2, -0.15) is 0 Å². The number of hydrogen-bond acceptors (Lipinski definition) is 2. The molecule has 1 heterocycles. The number of nitrogens with zero attached hydrogens (tertiary/aromatic N) is 1. The van der Waals surface area contributed by atoms with Crippen LogP contribution in [0.3, 0.4) is 0 Å². The highest BCUT2D eigenvalue weighted by atomic mass is 16.1. The molecule has 0 saturated carbocycles. The third kappa shape index (κ3) is 1.97. The predicted octanol–water partition coefficient (Wildman–Crippen LogP) is 2.64. The van der Waals surface area contributed by atoms with Crippen molar-refractivity contribution in [2.45, 2.75) is 6.92 Å². The topological polar surface area (TPSA) is 71.8 Å². The van der Waals surface area contributed by atoms with Crippen LogP contribution in [-0.4, -0.2) is 15.9 Å². The van der Waals surface area contributed by atoms with Crippen LogP contribution in [-0.2, 0) is 0 Å². The van der Waals surface area contributed by atoms with E-state index in [4.69, 9.17) is 5.73 Å². The van der Waals surface area contributed by atoms with Crippen LogP contribution in [0.2, 0.25) is 0 Å². The van der Waals surface area contributed by atoms with Gasteiger partial charge >= 0.3 is 0 Å². The van der Waals surface area contributed by atoms with Gasteiger partial charge < -0.3 is 10.7 Å². The second-order valence-corrected chi connectivity index (χ2v) is 4.50. The molecule has 1 amide bonds. The highest BCUT2D eigenvalue weighted by Crippen LogP contribution is 2.23. The number of nitrogens with one attached hydrogen (secondary N) is 1. The van der Waals surface area contributed by atoms with Crippen LogP contribution in [0.25, 0.3) is 22.4 Å². The number of carbonyl (C=O) groups is 1. The minimum atomic E-state index is -0.436. The lowest BCUT2D eigenvalue weighted by Crippen LogP contribution is -2.10. The van der Waals surface area contributed by atoms with Gasteiger partial charge in [-0.25, -0.2) is 4.98 Å². The second kappa shape index (κ2) is 4.24. The van der Waals surface area contributed by atoms with Crippen molar-refractivity contribution in [1.29, 1.82) is 0 Å². The Balaban J connectivity index is 2.17. The molecule has 0 aliphatic carbocycles. The monoisotopic (exact) mass is 251 g/mol. The maximum absolute atomic E-state index is 11.2. The Labute approximate surface area is 110 Å². The molecular weight excluding hydrogens is 238 g/mol. The van der Waals surface area contributed by atoms with Gasteiger partial charge in [0.2, 0.25) is 5.91 Å². The number of benzene rings is 2. The lowest BCUT2D eigenvalue weighted by atomic mass is 10.1. The fourth-order valence-corrected chi connectivity index (χ4v) is 2.13. The van der Waals surface area contributed by atoms with Gasteiger partial charge in [-0.1, -0.05) is 24.3 Å². The van der Waals surface area contributed by atoms with Crippen molar-refractivity contribution in [2.75, 3.05) is 0 Å². The quantitative estimate of drug-likeness (QED) is 0.735. The standard InChI is InChI=1S/C15H13N3O/c1-9-4-2-3-5-11(9)15-17-12-7-6-10(14(16)19)8-13(12)18-15/h2-8H,1H3,(H2,16,19)(H,17,18). The number of aromatic nitrogens is 2. The molecule has 0 fully saturated rings. The molecule has 0 atom stereocenters. The molecule has 19 heavy (non-hydrogen) atoms. The summed E-state index contributed by atoms with van der Waals surface area (Å²) >= 11 is 0. The zero-order valence-corrected chi connectivity index (χ0v) is 10.5. The Morgan fingerprint density at radius 2 is 2.00 bits per heavy atom. The molecule has 3 rings (SSSR count). The third-order valence-corrected chi connectivity index (χ3v) is 3.17. The molecule has 0 unspecified atom stereocenters. The lowest BCUT2D eigenvalue weighted by Gasteiger charge is -2.00. The average Bonchev–Trinajstić information content (AvgIpc) is 2.81. The minimum absolute atomic E-state index is 0.436. The first-order chi connectivity index (χ1) is 9.15. The van der Waals surface area contributed by atoms with Crippen molar-refractivity contribution in [2.24, 2.45) is 5.73 Å². The molecule has 0 saturated heterocycles. The van der Waals surface area contributed by atoms with Crippen LogP contribution in [0, 0.1) is 6.92 Å². The largest absolute Gasteiger partial charge is 0.366 e. The second-order valence-electron chi connectivity index (χ2n) is 4.50. The Morgan fingerprint density at radius 3 is 2.74 bits per heavy atom. The van der Waals surface area contributed by atoms with E-state index in [2.05, 4.69) is 9.97 Å². The number of aromatic amines is 1. The molecule has 0 spiro atoms. The average molecular weight is 251 g/mol. The van der Waals surface area contributed by atoms with Crippen LogP contribution in [0.1, 0.15) is 15.9 Å². The Morgan fingerprint density at radius 1 is 1.21 bits per heavy atom. The normalized spacial score (nSPS) is 10.8. The Bertz CT molecular complexity index is 774. The number of aryl methyl sites for hydroxylation is 1. The predicted molar refractivity (Wildman–Crippen MR) is 74.8 cm³/mol. The smallest absolute Gasteiger partial charge is 0.248 e. The summed E-state index contributed by atoms with van der Waals surface area (Å²) in [4.78, 5) is 18.9. The van der Waals surface area contributed by atoms with Crippen LogP contribution >= 0.6 is 0 Å². The number of imidazole rings is 1. The number of primary amides is 1. The van der Waals surface area contributed by atoms with Gasteiger partial charge in [0.1, 0.15) is 5.82 Å². The summed E-state index contributed by atoms with van der Waals surface area (Å²) in [6, 6.07) is 13.2. The van der Waals surface area contributed by atoms with Crippen molar-refractivity contribution in [3.8, 4) is 11.4 Å². The van der Waals surface area contributed by atoms with Gasteiger partial charge in [-0.05, 0) is 30.7 Å². The molecule has 0 bridgehead atoms. The minimum Gasteiger partial charge on any atom is -0.366 e. The number of carbonyl (C=O) groups excluding carboxylic acids is 1. The first kappa shape index (κ1) is 11.5. The maximum Gasteiger partial charge on any atom is 0.248 e. The van der Waals surface area contributed by atoms with Gasteiger partial charge in [0.05, 0.1) is 11.0 Å². The van der Waals surface area contributed by atoms with E-state index in [-0.39, 0.29) is 0 Å². The fraction of sp³-hybridized carbons (Fsp3) is 0.0667. The summed E-state index contributed by atoms with van der Waals surface area (Å²) in [6.07, 6.45) is 0. The first-order valence-electron chi connectivity index (χ1n) is 6.01. The van der Waals surface area contributed by atoms with Gasteiger partial charge in [0.15, 0.2) is 0 Å². The van der Waals surface area contributed by atoms with Gasteiger partial charge in [-0.15, -0.1) is 0 Å². The van der Waals surface area contributed by atoms with Crippen molar-refractivity contribution in [1.82, 2.24) is 9.97 Å². The fourth-order valence-electron chi connectivity index (χ4n) is 2.13. The molecule has 3 N–H and O–H groups in total. The van der Waals surface area contributed by atoms with Crippen LogP contribution in [0.5, 0.6) is 0 Å². The number of nitrogens with two attached hydrogens (primary N) is 1. The highest BCUT2D eigenvalue weighted by molar-refractivity contribution is 5.96. The van der Waals surface area contributed by atoms with E-state index in [1.807, 2.05) is 31.2 Å². The van der Waals surface area contributed by atoms with E-state index >= 15 is 0 Å². The van der Waals surface area contributed by atoms with E-state index in [1.54, 1.807) is 18.2 Å². The number of H-pyrrole nitrogens is 1. The summed E-state index contributed by atoms with van der Waals surface area (Å²) in [7, 11) is 0. The molecule has 4 heteroatoms. The van der Waals surface area contributed by atoms with Gasteiger partial charge in [0, 0.05) is 11.1 Å². The van der Waals surface area contributed by atoms with E-state index in [9.17, 15) is 4.79 Å². The van der Waals surface area contributed by atoms with Crippen LogP contribution < -0.4 is 5.73 Å². The van der Waals surface area contributed by atoms with E-state index in [0.717, 1.165) is 28.0 Å². The molecule has 3 aromatic rings. The molecule has 2 aromatic carbocycles. The molecule has 0 aliphatic heterocycles. The van der Waals surface area contributed by atoms with Crippen LogP contribution in [0.15, 0.2) is 42.5 Å².